The molecule has 2 rings (SSSR count). The number of rotatable bonds is 2. The Labute approximate surface area is 96.8 Å². The first-order valence-corrected chi connectivity index (χ1v) is 5.00. The summed E-state index contributed by atoms with van der Waals surface area (Å²) in [6.45, 7) is 3.12. The number of nitrogens with zero attached hydrogens (tertiary/aromatic N) is 2. The van der Waals surface area contributed by atoms with Gasteiger partial charge in [0.15, 0.2) is 6.23 Å². The zero-order valence-electron chi connectivity index (χ0n) is 8.85. The van der Waals surface area contributed by atoms with Crippen LogP contribution in [0.3, 0.4) is 0 Å². The van der Waals surface area contributed by atoms with Crippen LogP contribution in [0.4, 0.5) is 0 Å². The van der Waals surface area contributed by atoms with Gasteiger partial charge in [0.25, 0.3) is 5.91 Å². The molecule has 1 fully saturated rings. The molecule has 0 bridgehead atoms. The summed E-state index contributed by atoms with van der Waals surface area (Å²) >= 11 is 0. The molecule has 4 N–H and O–H groups in total. The van der Waals surface area contributed by atoms with Crippen LogP contribution in [0.25, 0.3) is 0 Å². The van der Waals surface area contributed by atoms with Crippen LogP contribution in [0.2, 0.25) is 0 Å². The van der Waals surface area contributed by atoms with Crippen molar-refractivity contribution in [2.75, 3.05) is 6.61 Å². The molecule has 1 saturated heterocycles. The van der Waals surface area contributed by atoms with Crippen LogP contribution in [0.5, 0.6) is 0 Å². The topological polar surface area (TPSA) is 115 Å². The summed E-state index contributed by atoms with van der Waals surface area (Å²) in [6.07, 6.45) is -3.35. The number of aliphatic hydroxyl groups is 3. The summed E-state index contributed by atoms with van der Waals surface area (Å²) in [5, 5.41) is 35.5. The summed E-state index contributed by atoms with van der Waals surface area (Å²) in [5.74, 6) is -0.301. The minimum Gasteiger partial charge on any atom is -0.394 e. The third-order valence-corrected chi connectivity index (χ3v) is 2.60. The number of hydrogen-bond acceptors (Lipinski definition) is 7. The summed E-state index contributed by atoms with van der Waals surface area (Å²) in [6, 6.07) is 0. The van der Waals surface area contributed by atoms with Crippen LogP contribution < -0.4 is 5.32 Å². The molecule has 0 radical (unpaired) electrons. The van der Waals surface area contributed by atoms with Crippen molar-refractivity contribution in [1.82, 2.24) is 10.3 Å². The van der Waals surface area contributed by atoms with Gasteiger partial charge in [0, 0.05) is 0 Å². The van der Waals surface area contributed by atoms with Gasteiger partial charge in [-0.05, 0) is 0 Å². The van der Waals surface area contributed by atoms with E-state index in [1.54, 1.807) is 0 Å². The zero-order chi connectivity index (χ0) is 12.6. The fourth-order valence-corrected chi connectivity index (χ4v) is 1.72. The van der Waals surface area contributed by atoms with Crippen LogP contribution in [0, 0.1) is 0 Å². The van der Waals surface area contributed by atoms with Crippen LogP contribution in [-0.4, -0.2) is 63.6 Å². The lowest BCUT2D eigenvalue weighted by molar-refractivity contribution is -0.118. The molecule has 2 aliphatic heterocycles. The second-order valence-corrected chi connectivity index (χ2v) is 3.75. The smallest absolute Gasteiger partial charge is 0.269 e. The minimum atomic E-state index is -1.25. The predicted octanol–water partition coefficient (Wildman–Crippen LogP) is -2.69. The molecule has 8 nitrogen and oxygen atoms in total. The number of carbonyl (C=O) groups is 1. The van der Waals surface area contributed by atoms with E-state index in [1.807, 2.05) is 0 Å². The first-order valence-electron chi connectivity index (χ1n) is 5.00. The fraction of sp³-hybridized carbons (Fsp3) is 0.556. The maximum absolute atomic E-state index is 11.0. The lowest BCUT2D eigenvalue weighted by Crippen LogP contribution is -2.47. The molecule has 94 valence electrons. The van der Waals surface area contributed by atoms with E-state index >= 15 is 0 Å². The van der Waals surface area contributed by atoms with E-state index in [-0.39, 0.29) is 5.82 Å². The second-order valence-electron chi connectivity index (χ2n) is 3.75. The van der Waals surface area contributed by atoms with Gasteiger partial charge in [-0.1, -0.05) is 6.58 Å². The normalized spacial score (nSPS) is 37.5. The Morgan fingerprint density at radius 3 is 2.76 bits per heavy atom. The predicted molar refractivity (Wildman–Crippen MR) is 55.4 cm³/mol. The van der Waals surface area contributed by atoms with Crippen molar-refractivity contribution >= 4 is 12.1 Å². The van der Waals surface area contributed by atoms with Crippen molar-refractivity contribution < 1.29 is 24.9 Å². The highest BCUT2D eigenvalue weighted by Gasteiger charge is 2.46. The quantitative estimate of drug-likeness (QED) is 0.420. The van der Waals surface area contributed by atoms with E-state index in [4.69, 9.17) is 9.84 Å². The van der Waals surface area contributed by atoms with E-state index in [2.05, 4.69) is 17.0 Å². The highest BCUT2D eigenvalue weighted by Crippen LogP contribution is 2.26. The van der Waals surface area contributed by atoms with E-state index in [9.17, 15) is 15.0 Å². The number of carbonyl (C=O) groups excluding carboxylic acids is 1. The average Bonchev–Trinajstić information content (AvgIpc) is 2.57. The Balaban J connectivity index is 2.16. The highest BCUT2D eigenvalue weighted by atomic mass is 16.6. The zero-order valence-corrected chi connectivity index (χ0v) is 8.85. The molecular weight excluding hydrogens is 230 g/mol. The summed E-state index contributed by atoms with van der Waals surface area (Å²) < 4.78 is 5.23. The van der Waals surface area contributed by atoms with Gasteiger partial charge in [-0.2, -0.15) is 5.10 Å². The van der Waals surface area contributed by atoms with Crippen molar-refractivity contribution in [3.05, 3.63) is 12.4 Å². The molecule has 2 aliphatic rings. The lowest BCUT2D eigenvalue weighted by Gasteiger charge is -2.30. The Hall–Kier alpha value is -1.48. The van der Waals surface area contributed by atoms with Crippen LogP contribution >= 0.6 is 0 Å². The number of ether oxygens (including phenoxy) is 1. The van der Waals surface area contributed by atoms with Crippen LogP contribution in [-0.2, 0) is 9.53 Å². The molecule has 17 heavy (non-hydrogen) atoms. The van der Waals surface area contributed by atoms with Crippen LogP contribution in [0.15, 0.2) is 17.5 Å². The summed E-state index contributed by atoms with van der Waals surface area (Å²) in [5.41, 5.74) is 0. The molecule has 4 atom stereocenters. The molecule has 0 saturated carbocycles. The molecule has 0 aromatic rings. The average molecular weight is 243 g/mol. The third kappa shape index (κ3) is 2.03. The largest absolute Gasteiger partial charge is 0.394 e. The van der Waals surface area contributed by atoms with Gasteiger partial charge in [0.1, 0.15) is 30.3 Å². The Kier molecular flexibility index (Phi) is 3.11. The molecule has 2 heterocycles. The molecular formula is C9H13N3O5. The van der Waals surface area contributed by atoms with E-state index < -0.39 is 37.1 Å². The molecule has 0 aromatic heterocycles. The lowest BCUT2D eigenvalue weighted by atomic mass is 10.1. The monoisotopic (exact) mass is 243 g/mol. The van der Waals surface area contributed by atoms with Gasteiger partial charge in [-0.3, -0.25) is 4.79 Å². The van der Waals surface area contributed by atoms with Crippen molar-refractivity contribution in [3.8, 4) is 0 Å². The van der Waals surface area contributed by atoms with E-state index in [0.717, 1.165) is 11.2 Å². The first-order chi connectivity index (χ1) is 8.04. The summed E-state index contributed by atoms with van der Waals surface area (Å²) in [4.78, 5) is 11.0. The Morgan fingerprint density at radius 1 is 1.53 bits per heavy atom. The van der Waals surface area contributed by atoms with Crippen molar-refractivity contribution in [2.24, 2.45) is 5.10 Å². The standard InChI is InChI=1S/C9H13N3O5/c1-4-11-6(14)2-10-12(4)9-8(16)7(15)5(3-13)17-9/h2,5,7-9,13,15-16H,1,3H2,(H,11,14)/t5-,7-,8-,9-/m1/s1. The molecule has 0 aliphatic carbocycles. The van der Waals surface area contributed by atoms with Crippen molar-refractivity contribution in [1.29, 1.82) is 0 Å². The molecule has 0 spiro atoms. The van der Waals surface area contributed by atoms with Crippen molar-refractivity contribution in [3.63, 3.8) is 0 Å². The number of aliphatic hydroxyl groups excluding tert-OH is 3. The molecule has 0 aromatic carbocycles. The van der Waals surface area contributed by atoms with Gasteiger partial charge in [-0.15, -0.1) is 0 Å². The van der Waals surface area contributed by atoms with Gasteiger partial charge < -0.3 is 25.4 Å². The maximum atomic E-state index is 11.0. The maximum Gasteiger partial charge on any atom is 0.269 e. The van der Waals surface area contributed by atoms with Crippen LogP contribution in [0.1, 0.15) is 0 Å². The number of amides is 1. The van der Waals surface area contributed by atoms with E-state index in [0.29, 0.717) is 0 Å². The Morgan fingerprint density at radius 2 is 2.24 bits per heavy atom. The number of nitrogens with one attached hydrogen (secondary N) is 1. The van der Waals surface area contributed by atoms with Crippen molar-refractivity contribution in [2.45, 2.75) is 24.5 Å². The van der Waals surface area contributed by atoms with Gasteiger partial charge in [-0.25, -0.2) is 5.01 Å². The molecule has 8 heteroatoms. The second kappa shape index (κ2) is 4.41. The van der Waals surface area contributed by atoms with Gasteiger partial charge in [0.05, 0.1) is 6.61 Å². The summed E-state index contributed by atoms with van der Waals surface area (Å²) in [7, 11) is 0. The number of hydrogen-bond donors (Lipinski definition) is 4. The number of hydrazone groups is 1. The van der Waals surface area contributed by atoms with Gasteiger partial charge >= 0.3 is 0 Å². The molecule has 0 unspecified atom stereocenters. The van der Waals surface area contributed by atoms with Gasteiger partial charge in [0.2, 0.25) is 0 Å². The fourth-order valence-electron chi connectivity index (χ4n) is 1.72. The minimum absolute atomic E-state index is 0.132. The SMILES string of the molecule is C=C1NC(=O)C=NN1[C@@H]1O[C@H](CO)[C@@H](O)[C@H]1O. The Bertz CT molecular complexity index is 372. The first kappa shape index (κ1) is 12.0. The molecule has 1 amide bonds. The van der Waals surface area contributed by atoms with E-state index in [1.165, 1.54) is 0 Å². The highest BCUT2D eigenvalue weighted by molar-refractivity contribution is 6.27. The third-order valence-electron chi connectivity index (χ3n) is 2.60.